The Morgan fingerprint density at radius 1 is 1.06 bits per heavy atom. The Hall–Kier alpha value is -2.45. The molecule has 0 radical (unpaired) electrons. The number of carbonyl (C=O) groups excluding carboxylic acids is 2. The lowest BCUT2D eigenvalue weighted by Crippen LogP contribution is -2.27. The summed E-state index contributed by atoms with van der Waals surface area (Å²) >= 11 is 16.6. The fourth-order valence-corrected chi connectivity index (χ4v) is 5.29. The number of benzene rings is 3. The number of rotatable bonds is 7. The molecule has 0 spiro atoms. The molecule has 1 fully saturated rings. The average Bonchev–Trinajstić information content (AvgIpc) is 3.07. The van der Waals surface area contributed by atoms with E-state index in [4.69, 9.17) is 32.7 Å². The van der Waals surface area contributed by atoms with Crippen LogP contribution in [0.2, 0.25) is 10.0 Å². The normalized spacial score (nSPS) is 14.7. The first-order valence-corrected chi connectivity index (χ1v) is 12.9. The quantitative estimate of drug-likeness (QED) is 0.261. The average molecular weight is 593 g/mol. The molecule has 1 aliphatic rings. The second kappa shape index (κ2) is 11.1. The molecule has 0 N–H and O–H groups in total. The van der Waals surface area contributed by atoms with E-state index in [1.54, 1.807) is 36.4 Å². The molecule has 0 unspecified atom stereocenters. The Labute approximate surface area is 226 Å². The number of amides is 2. The van der Waals surface area contributed by atoms with Gasteiger partial charge in [-0.05, 0) is 76.1 Å². The van der Waals surface area contributed by atoms with Gasteiger partial charge in [0.15, 0.2) is 11.5 Å². The third-order valence-corrected chi connectivity index (χ3v) is 7.35. The van der Waals surface area contributed by atoms with Crippen molar-refractivity contribution >= 4 is 68.1 Å². The number of aryl methyl sites for hydroxylation is 1. The molecule has 1 heterocycles. The van der Waals surface area contributed by atoms with Crippen LogP contribution in [0.25, 0.3) is 6.08 Å². The highest BCUT2D eigenvalue weighted by Gasteiger charge is 2.35. The number of hydrogen-bond acceptors (Lipinski definition) is 5. The largest absolute Gasteiger partial charge is 0.493 e. The highest BCUT2D eigenvalue weighted by Crippen LogP contribution is 2.40. The van der Waals surface area contributed by atoms with E-state index >= 15 is 0 Å². The molecule has 4 rings (SSSR count). The number of ether oxygens (including phenoxy) is 2. The third kappa shape index (κ3) is 6.04. The molecule has 0 bridgehead atoms. The van der Waals surface area contributed by atoms with E-state index < -0.39 is 0 Å². The molecule has 1 saturated heterocycles. The third-order valence-electron chi connectivity index (χ3n) is 5.27. The molecule has 0 atom stereocenters. The van der Waals surface area contributed by atoms with Crippen LogP contribution < -0.4 is 9.47 Å². The predicted octanol–water partition coefficient (Wildman–Crippen LogP) is 7.89. The van der Waals surface area contributed by atoms with Crippen LogP contribution in [-0.2, 0) is 17.9 Å². The SMILES string of the molecule is COc1cc(/C=C2\SC(=O)N(Cc3ccc(C)cc3)C2=O)cc(Br)c1OCc1ccc(Cl)cc1Cl. The van der Waals surface area contributed by atoms with Gasteiger partial charge in [-0.15, -0.1) is 0 Å². The van der Waals surface area contributed by atoms with Gasteiger partial charge in [0.2, 0.25) is 0 Å². The number of halogens is 3. The second-order valence-corrected chi connectivity index (χ2v) is 10.5. The standard InChI is InChI=1S/C26H20BrCl2NO4S/c1-15-3-5-16(6-4-15)13-30-25(31)23(35-26(30)32)11-17-9-20(27)24(22(10-17)33-2)34-14-18-7-8-19(28)12-21(18)29/h3-12H,13-14H2,1-2H3/b23-11-. The summed E-state index contributed by atoms with van der Waals surface area (Å²) in [6, 6.07) is 16.5. The van der Waals surface area contributed by atoms with E-state index in [9.17, 15) is 9.59 Å². The van der Waals surface area contributed by atoms with Gasteiger partial charge in [-0.25, -0.2) is 0 Å². The molecule has 2 amide bonds. The Morgan fingerprint density at radius 3 is 2.49 bits per heavy atom. The van der Waals surface area contributed by atoms with Crippen LogP contribution >= 0.6 is 50.9 Å². The molecule has 1 aliphatic heterocycles. The van der Waals surface area contributed by atoms with Crippen molar-refractivity contribution < 1.29 is 19.1 Å². The number of imide groups is 1. The highest BCUT2D eigenvalue weighted by atomic mass is 79.9. The molecular formula is C26H20BrCl2NO4S. The predicted molar refractivity (Wildman–Crippen MR) is 144 cm³/mol. The van der Waals surface area contributed by atoms with Gasteiger partial charge in [0, 0.05) is 15.6 Å². The summed E-state index contributed by atoms with van der Waals surface area (Å²) in [5.74, 6) is 0.631. The molecule has 5 nitrogen and oxygen atoms in total. The molecule has 3 aromatic carbocycles. The number of hydrogen-bond donors (Lipinski definition) is 0. The minimum atomic E-state index is -0.326. The zero-order chi connectivity index (χ0) is 25.1. The van der Waals surface area contributed by atoms with Gasteiger partial charge in [-0.1, -0.05) is 59.1 Å². The van der Waals surface area contributed by atoms with Gasteiger partial charge in [-0.3, -0.25) is 14.5 Å². The highest BCUT2D eigenvalue weighted by molar-refractivity contribution is 9.10. The van der Waals surface area contributed by atoms with Crippen molar-refractivity contribution in [2.24, 2.45) is 0 Å². The Kier molecular flexibility index (Phi) is 8.12. The summed E-state index contributed by atoms with van der Waals surface area (Å²) < 4.78 is 12.1. The first-order valence-electron chi connectivity index (χ1n) is 10.5. The zero-order valence-corrected chi connectivity index (χ0v) is 22.7. The van der Waals surface area contributed by atoms with Crippen molar-refractivity contribution in [3.63, 3.8) is 0 Å². The van der Waals surface area contributed by atoms with Crippen LogP contribution in [0, 0.1) is 6.92 Å². The monoisotopic (exact) mass is 591 g/mol. The van der Waals surface area contributed by atoms with Crippen molar-refractivity contribution in [1.29, 1.82) is 0 Å². The summed E-state index contributed by atoms with van der Waals surface area (Å²) in [4.78, 5) is 27.1. The van der Waals surface area contributed by atoms with Crippen LogP contribution in [0.15, 0.2) is 64.0 Å². The first kappa shape index (κ1) is 25.6. The second-order valence-electron chi connectivity index (χ2n) is 7.81. The molecular weight excluding hydrogens is 573 g/mol. The Bertz CT molecular complexity index is 1330. The van der Waals surface area contributed by atoms with Gasteiger partial charge in [0.25, 0.3) is 11.1 Å². The first-order chi connectivity index (χ1) is 16.7. The fraction of sp³-hybridized carbons (Fsp3) is 0.154. The molecule has 3 aromatic rings. The molecule has 9 heteroatoms. The summed E-state index contributed by atoms with van der Waals surface area (Å²) in [5.41, 5.74) is 3.47. The van der Waals surface area contributed by atoms with Crippen LogP contribution in [0.3, 0.4) is 0 Å². The minimum Gasteiger partial charge on any atom is -0.493 e. The van der Waals surface area contributed by atoms with Gasteiger partial charge >= 0.3 is 0 Å². The number of methoxy groups -OCH3 is 1. The maximum atomic E-state index is 12.9. The Balaban J connectivity index is 1.53. The van der Waals surface area contributed by atoms with Crippen molar-refractivity contribution in [3.8, 4) is 11.5 Å². The molecule has 0 aromatic heterocycles. The van der Waals surface area contributed by atoms with Crippen molar-refractivity contribution in [2.75, 3.05) is 7.11 Å². The molecule has 35 heavy (non-hydrogen) atoms. The number of nitrogens with zero attached hydrogens (tertiary/aromatic N) is 1. The van der Waals surface area contributed by atoms with Crippen LogP contribution in [-0.4, -0.2) is 23.2 Å². The number of thioether (sulfide) groups is 1. The van der Waals surface area contributed by atoms with E-state index in [0.29, 0.717) is 36.5 Å². The van der Waals surface area contributed by atoms with Crippen LogP contribution in [0.1, 0.15) is 22.3 Å². The van der Waals surface area contributed by atoms with Crippen molar-refractivity contribution in [2.45, 2.75) is 20.1 Å². The van der Waals surface area contributed by atoms with Gasteiger partial charge in [0.1, 0.15) is 6.61 Å². The van der Waals surface area contributed by atoms with E-state index in [1.165, 1.54) is 12.0 Å². The van der Waals surface area contributed by atoms with E-state index in [0.717, 1.165) is 28.5 Å². The summed E-state index contributed by atoms with van der Waals surface area (Å²) in [6.07, 6.45) is 1.67. The van der Waals surface area contributed by atoms with Gasteiger partial charge < -0.3 is 9.47 Å². The summed E-state index contributed by atoms with van der Waals surface area (Å²) in [5, 5.41) is 0.753. The van der Waals surface area contributed by atoms with Crippen molar-refractivity contribution in [1.82, 2.24) is 4.90 Å². The molecule has 0 saturated carbocycles. The number of carbonyl (C=O) groups is 2. The van der Waals surface area contributed by atoms with Crippen LogP contribution in [0.4, 0.5) is 4.79 Å². The minimum absolute atomic E-state index is 0.211. The summed E-state index contributed by atoms with van der Waals surface area (Å²) in [6.45, 7) is 2.43. The lowest BCUT2D eigenvalue weighted by Gasteiger charge is -2.14. The zero-order valence-electron chi connectivity index (χ0n) is 18.8. The lowest BCUT2D eigenvalue weighted by molar-refractivity contribution is -0.123. The van der Waals surface area contributed by atoms with E-state index in [-0.39, 0.29) is 24.3 Å². The molecule has 180 valence electrons. The van der Waals surface area contributed by atoms with Crippen molar-refractivity contribution in [3.05, 3.63) is 96.3 Å². The van der Waals surface area contributed by atoms with Gasteiger partial charge in [-0.2, -0.15) is 0 Å². The van der Waals surface area contributed by atoms with E-state index in [1.807, 2.05) is 31.2 Å². The Morgan fingerprint density at radius 2 is 1.80 bits per heavy atom. The maximum absolute atomic E-state index is 12.9. The smallest absolute Gasteiger partial charge is 0.293 e. The lowest BCUT2D eigenvalue weighted by atomic mass is 10.1. The summed E-state index contributed by atoms with van der Waals surface area (Å²) in [7, 11) is 1.53. The van der Waals surface area contributed by atoms with Crippen LogP contribution in [0.5, 0.6) is 11.5 Å². The fourth-order valence-electron chi connectivity index (χ4n) is 3.42. The molecule has 0 aliphatic carbocycles. The maximum Gasteiger partial charge on any atom is 0.293 e. The van der Waals surface area contributed by atoms with E-state index in [2.05, 4.69) is 15.9 Å². The van der Waals surface area contributed by atoms with Gasteiger partial charge in [0.05, 0.1) is 23.0 Å². The topological polar surface area (TPSA) is 55.8 Å².